The number of nitrogens with one attached hydrogen (secondary N) is 3. The summed E-state index contributed by atoms with van der Waals surface area (Å²) >= 11 is 0. The van der Waals surface area contributed by atoms with E-state index in [2.05, 4.69) is 22.5 Å². The van der Waals surface area contributed by atoms with Crippen LogP contribution in [0.15, 0.2) is 54.6 Å². The number of hydrogen-bond acceptors (Lipinski definition) is 2. The number of rotatable bonds is 14. The summed E-state index contributed by atoms with van der Waals surface area (Å²) in [7, 11) is 0. The Morgan fingerprint density at radius 1 is 0.758 bits per heavy atom. The molecule has 1 heterocycles. The number of anilines is 1. The molecule has 0 spiro atoms. The minimum atomic E-state index is -0.228. The van der Waals surface area contributed by atoms with Crippen molar-refractivity contribution in [3.63, 3.8) is 0 Å². The molecule has 33 heavy (non-hydrogen) atoms. The fourth-order valence-corrected chi connectivity index (χ4v) is 4.05. The van der Waals surface area contributed by atoms with E-state index in [0.29, 0.717) is 23.5 Å². The highest BCUT2D eigenvalue weighted by Gasteiger charge is 2.11. The maximum atomic E-state index is 12.6. The summed E-state index contributed by atoms with van der Waals surface area (Å²) < 4.78 is 0. The number of hydrogen-bond donors (Lipinski definition) is 3. The SMILES string of the molecule is CCCCCCCCCCCCNC(=O)c1cccc(NC(=O)c2cc3ccccc3[nH]2)c1. The Morgan fingerprint density at radius 2 is 1.45 bits per heavy atom. The predicted molar refractivity (Wildman–Crippen MR) is 137 cm³/mol. The molecule has 0 aliphatic heterocycles. The lowest BCUT2D eigenvalue weighted by molar-refractivity contribution is 0.0951. The molecule has 0 bridgehead atoms. The summed E-state index contributed by atoms with van der Waals surface area (Å²) in [5.41, 5.74) is 2.57. The van der Waals surface area contributed by atoms with Crippen molar-refractivity contribution in [1.82, 2.24) is 10.3 Å². The van der Waals surface area contributed by atoms with Crippen LogP contribution in [0.1, 0.15) is 92.0 Å². The average molecular weight is 448 g/mol. The minimum Gasteiger partial charge on any atom is -0.352 e. The van der Waals surface area contributed by atoms with Crippen molar-refractivity contribution in [1.29, 1.82) is 0 Å². The summed E-state index contributed by atoms with van der Waals surface area (Å²) in [6.45, 7) is 2.93. The summed E-state index contributed by atoms with van der Waals surface area (Å²) in [5, 5.41) is 6.86. The Balaban J connectivity index is 1.36. The molecule has 0 saturated carbocycles. The zero-order chi connectivity index (χ0) is 23.3. The van der Waals surface area contributed by atoms with Gasteiger partial charge in [0, 0.05) is 28.7 Å². The number of fused-ring (bicyclic) bond motifs is 1. The van der Waals surface area contributed by atoms with Gasteiger partial charge in [0.1, 0.15) is 5.69 Å². The van der Waals surface area contributed by atoms with Gasteiger partial charge < -0.3 is 15.6 Å². The molecule has 5 heteroatoms. The van der Waals surface area contributed by atoms with E-state index in [1.165, 1.54) is 51.4 Å². The average Bonchev–Trinajstić information content (AvgIpc) is 3.27. The standard InChI is InChI=1S/C28H37N3O2/c1-2-3-4-5-6-7-8-9-10-13-19-29-27(32)23-16-14-17-24(20-23)30-28(33)26-21-22-15-11-12-18-25(22)31-26/h11-12,14-18,20-21,31H,2-10,13,19H2,1H3,(H,29,32)(H,30,33). The van der Waals surface area contributed by atoms with Gasteiger partial charge in [0.2, 0.25) is 0 Å². The van der Waals surface area contributed by atoms with Gasteiger partial charge in [-0.15, -0.1) is 0 Å². The fourth-order valence-electron chi connectivity index (χ4n) is 4.05. The number of benzene rings is 2. The number of para-hydroxylation sites is 1. The molecule has 0 saturated heterocycles. The largest absolute Gasteiger partial charge is 0.352 e. The lowest BCUT2D eigenvalue weighted by atomic mass is 10.1. The van der Waals surface area contributed by atoms with Crippen LogP contribution in [0, 0.1) is 0 Å². The number of carbonyl (C=O) groups is 2. The number of amides is 2. The third kappa shape index (κ3) is 8.08. The van der Waals surface area contributed by atoms with Crippen LogP contribution in [0.3, 0.4) is 0 Å². The van der Waals surface area contributed by atoms with E-state index in [9.17, 15) is 9.59 Å². The second kappa shape index (κ2) is 13.5. The normalized spacial score (nSPS) is 10.9. The van der Waals surface area contributed by atoms with Crippen LogP contribution in [0.5, 0.6) is 0 Å². The molecule has 176 valence electrons. The quantitative estimate of drug-likeness (QED) is 0.231. The summed E-state index contributed by atoms with van der Waals surface area (Å²) in [6.07, 6.45) is 12.7. The highest BCUT2D eigenvalue weighted by Crippen LogP contribution is 2.17. The molecule has 0 radical (unpaired) electrons. The number of aromatic nitrogens is 1. The van der Waals surface area contributed by atoms with Gasteiger partial charge in [0.15, 0.2) is 0 Å². The number of unbranched alkanes of at least 4 members (excludes halogenated alkanes) is 9. The lowest BCUT2D eigenvalue weighted by Gasteiger charge is -2.08. The van der Waals surface area contributed by atoms with E-state index in [1.807, 2.05) is 30.3 Å². The topological polar surface area (TPSA) is 74.0 Å². The van der Waals surface area contributed by atoms with Gasteiger partial charge in [-0.2, -0.15) is 0 Å². The lowest BCUT2D eigenvalue weighted by Crippen LogP contribution is -2.24. The molecule has 2 amide bonds. The molecule has 0 aliphatic carbocycles. The van der Waals surface area contributed by atoms with Crippen molar-refractivity contribution in [2.24, 2.45) is 0 Å². The summed E-state index contributed by atoms with van der Waals surface area (Å²) in [6, 6.07) is 16.7. The van der Waals surface area contributed by atoms with Gasteiger partial charge in [0.05, 0.1) is 0 Å². The third-order valence-corrected chi connectivity index (χ3v) is 5.97. The first kappa shape index (κ1) is 24.6. The highest BCUT2D eigenvalue weighted by atomic mass is 16.2. The first-order valence-corrected chi connectivity index (χ1v) is 12.4. The third-order valence-electron chi connectivity index (χ3n) is 5.97. The summed E-state index contributed by atoms with van der Waals surface area (Å²) in [5.74, 6) is -0.332. The minimum absolute atomic E-state index is 0.104. The second-order valence-electron chi connectivity index (χ2n) is 8.74. The maximum Gasteiger partial charge on any atom is 0.272 e. The van der Waals surface area contributed by atoms with Crippen LogP contribution in [-0.4, -0.2) is 23.3 Å². The van der Waals surface area contributed by atoms with Crippen LogP contribution >= 0.6 is 0 Å². The van der Waals surface area contributed by atoms with Crippen molar-refractivity contribution in [2.45, 2.75) is 71.1 Å². The van der Waals surface area contributed by atoms with Gasteiger partial charge in [-0.25, -0.2) is 0 Å². The van der Waals surface area contributed by atoms with E-state index in [1.54, 1.807) is 24.3 Å². The van der Waals surface area contributed by atoms with Gasteiger partial charge in [-0.05, 0) is 36.8 Å². The van der Waals surface area contributed by atoms with Gasteiger partial charge >= 0.3 is 0 Å². The molecular weight excluding hydrogens is 410 g/mol. The van der Waals surface area contributed by atoms with E-state index in [4.69, 9.17) is 0 Å². The zero-order valence-corrected chi connectivity index (χ0v) is 19.8. The smallest absolute Gasteiger partial charge is 0.272 e. The Kier molecular flexibility index (Phi) is 10.0. The molecule has 0 aliphatic rings. The maximum absolute atomic E-state index is 12.6. The molecule has 0 fully saturated rings. The van der Waals surface area contributed by atoms with Crippen molar-refractivity contribution in [2.75, 3.05) is 11.9 Å². The first-order chi connectivity index (χ1) is 16.2. The van der Waals surface area contributed by atoms with Gasteiger partial charge in [-0.1, -0.05) is 89.0 Å². The highest BCUT2D eigenvalue weighted by molar-refractivity contribution is 6.06. The summed E-state index contributed by atoms with van der Waals surface area (Å²) in [4.78, 5) is 28.2. The number of aromatic amines is 1. The van der Waals surface area contributed by atoms with Crippen molar-refractivity contribution < 1.29 is 9.59 Å². The number of carbonyl (C=O) groups excluding carboxylic acids is 2. The van der Waals surface area contributed by atoms with E-state index >= 15 is 0 Å². The molecule has 3 rings (SSSR count). The van der Waals surface area contributed by atoms with Gasteiger partial charge in [-0.3, -0.25) is 9.59 Å². The zero-order valence-electron chi connectivity index (χ0n) is 19.8. The molecule has 5 nitrogen and oxygen atoms in total. The van der Waals surface area contributed by atoms with Crippen molar-refractivity contribution >= 4 is 28.4 Å². The molecule has 0 atom stereocenters. The van der Waals surface area contributed by atoms with Crippen molar-refractivity contribution in [3.05, 3.63) is 65.9 Å². The van der Waals surface area contributed by atoms with E-state index < -0.39 is 0 Å². The van der Waals surface area contributed by atoms with Crippen LogP contribution in [0.4, 0.5) is 5.69 Å². The monoisotopic (exact) mass is 447 g/mol. The molecule has 1 aromatic heterocycles. The van der Waals surface area contributed by atoms with Crippen LogP contribution in [0.25, 0.3) is 10.9 Å². The first-order valence-electron chi connectivity index (χ1n) is 12.4. The molecule has 3 N–H and O–H groups in total. The molecule has 3 aromatic rings. The Hall–Kier alpha value is -3.08. The number of H-pyrrole nitrogens is 1. The molecular formula is C28H37N3O2. The molecule has 2 aromatic carbocycles. The van der Waals surface area contributed by atoms with Crippen LogP contribution in [-0.2, 0) is 0 Å². The Morgan fingerprint density at radius 3 is 2.18 bits per heavy atom. The van der Waals surface area contributed by atoms with Crippen molar-refractivity contribution in [3.8, 4) is 0 Å². The molecule has 0 unspecified atom stereocenters. The van der Waals surface area contributed by atoms with Crippen LogP contribution in [0.2, 0.25) is 0 Å². The Labute approximate surface area is 197 Å². The second-order valence-corrected chi connectivity index (χ2v) is 8.74. The van der Waals surface area contributed by atoms with Crippen LogP contribution < -0.4 is 10.6 Å². The predicted octanol–water partition coefficient (Wildman–Crippen LogP) is 7.07. The van der Waals surface area contributed by atoms with E-state index in [0.717, 1.165) is 23.7 Å². The van der Waals surface area contributed by atoms with E-state index in [-0.39, 0.29) is 11.8 Å². The Bertz CT molecular complexity index is 992. The van der Waals surface area contributed by atoms with Gasteiger partial charge in [0.25, 0.3) is 11.8 Å². The fraction of sp³-hybridized carbons (Fsp3) is 0.429.